The van der Waals surface area contributed by atoms with Crippen molar-refractivity contribution in [2.24, 2.45) is 0 Å². The van der Waals surface area contributed by atoms with Crippen molar-refractivity contribution < 1.29 is 0 Å². The first-order valence-corrected chi connectivity index (χ1v) is 8.38. The standard InChI is InChI=1S/C17H22N4OS/c1-3-12(2)20-10-14-15(18-11-20)21(17(23)19-16(14)22)9-13-7-5-4-6-8-13/h4-8,12,18H,3,9-11H2,1-2H3,(H,19,22,23)/t12-/m1/s1. The number of fused-ring (bicyclic) bond motifs is 1. The number of hydrogen-bond acceptors (Lipinski definition) is 4. The Morgan fingerprint density at radius 1 is 1.30 bits per heavy atom. The van der Waals surface area contributed by atoms with E-state index in [0.29, 0.717) is 23.9 Å². The third-order valence-electron chi connectivity index (χ3n) is 4.50. The maximum absolute atomic E-state index is 12.3. The molecule has 6 heteroatoms. The zero-order chi connectivity index (χ0) is 16.4. The summed E-state index contributed by atoms with van der Waals surface area (Å²) in [6, 6.07) is 10.6. The number of anilines is 1. The van der Waals surface area contributed by atoms with Gasteiger partial charge in [0.05, 0.1) is 18.8 Å². The Kier molecular flexibility index (Phi) is 4.63. The lowest BCUT2D eigenvalue weighted by molar-refractivity contribution is 0.200. The van der Waals surface area contributed by atoms with E-state index in [1.54, 1.807) is 0 Å². The van der Waals surface area contributed by atoms with Gasteiger partial charge in [0.1, 0.15) is 5.82 Å². The summed E-state index contributed by atoms with van der Waals surface area (Å²) in [7, 11) is 0. The quantitative estimate of drug-likeness (QED) is 0.847. The third kappa shape index (κ3) is 3.23. The Bertz CT molecular complexity index is 796. The molecule has 1 aliphatic rings. The molecule has 122 valence electrons. The number of hydrogen-bond donors (Lipinski definition) is 2. The predicted molar refractivity (Wildman–Crippen MR) is 95.2 cm³/mol. The molecule has 0 saturated heterocycles. The molecule has 1 aliphatic heterocycles. The highest BCUT2D eigenvalue weighted by Gasteiger charge is 2.24. The van der Waals surface area contributed by atoms with Crippen LogP contribution < -0.4 is 10.9 Å². The second kappa shape index (κ2) is 6.68. The molecule has 0 fully saturated rings. The van der Waals surface area contributed by atoms with Crippen molar-refractivity contribution in [3.05, 3.63) is 56.6 Å². The van der Waals surface area contributed by atoms with Gasteiger partial charge in [0.2, 0.25) is 0 Å². The van der Waals surface area contributed by atoms with Gasteiger partial charge in [-0.1, -0.05) is 37.3 Å². The first kappa shape index (κ1) is 16.0. The second-order valence-electron chi connectivity index (χ2n) is 6.00. The van der Waals surface area contributed by atoms with Gasteiger partial charge in [0.15, 0.2) is 4.77 Å². The van der Waals surface area contributed by atoms with E-state index in [1.807, 2.05) is 22.8 Å². The maximum Gasteiger partial charge on any atom is 0.258 e. The van der Waals surface area contributed by atoms with Crippen LogP contribution in [0.25, 0.3) is 0 Å². The second-order valence-corrected chi connectivity index (χ2v) is 6.38. The van der Waals surface area contributed by atoms with Crippen LogP contribution in [0.4, 0.5) is 5.82 Å². The van der Waals surface area contributed by atoms with E-state index >= 15 is 0 Å². The van der Waals surface area contributed by atoms with Gasteiger partial charge in [0.25, 0.3) is 5.56 Å². The molecule has 0 spiro atoms. The molecule has 5 nitrogen and oxygen atoms in total. The van der Waals surface area contributed by atoms with Crippen LogP contribution in [0.15, 0.2) is 35.1 Å². The lowest BCUT2D eigenvalue weighted by Crippen LogP contribution is -2.43. The molecule has 0 saturated carbocycles. The molecule has 0 unspecified atom stereocenters. The molecule has 2 N–H and O–H groups in total. The SMILES string of the molecule is CC[C@@H](C)N1CNc2c(c(=O)[nH]c(=S)n2Cc2ccccc2)C1. The fourth-order valence-electron chi connectivity index (χ4n) is 2.88. The molecule has 2 aromatic rings. The zero-order valence-electron chi connectivity index (χ0n) is 13.5. The normalized spacial score (nSPS) is 15.7. The molecule has 1 aromatic heterocycles. The third-order valence-corrected chi connectivity index (χ3v) is 4.83. The smallest absolute Gasteiger partial charge is 0.258 e. The van der Waals surface area contributed by atoms with Crippen molar-refractivity contribution in [1.29, 1.82) is 0 Å². The zero-order valence-corrected chi connectivity index (χ0v) is 14.3. The van der Waals surface area contributed by atoms with E-state index in [9.17, 15) is 4.79 Å². The van der Waals surface area contributed by atoms with Crippen LogP contribution >= 0.6 is 12.2 Å². The molecule has 0 radical (unpaired) electrons. The Hall–Kier alpha value is -1.92. The van der Waals surface area contributed by atoms with Crippen LogP contribution in [0.2, 0.25) is 0 Å². The number of nitrogens with zero attached hydrogens (tertiary/aromatic N) is 2. The summed E-state index contributed by atoms with van der Waals surface area (Å²) in [6.07, 6.45) is 1.05. The minimum absolute atomic E-state index is 0.0881. The monoisotopic (exact) mass is 330 g/mol. The fraction of sp³-hybridized carbons (Fsp3) is 0.412. The highest BCUT2D eigenvalue weighted by Crippen LogP contribution is 2.22. The number of aromatic nitrogens is 2. The van der Waals surface area contributed by atoms with Crippen molar-refractivity contribution in [1.82, 2.24) is 14.5 Å². The van der Waals surface area contributed by atoms with E-state index in [2.05, 4.69) is 41.2 Å². The summed E-state index contributed by atoms with van der Waals surface area (Å²) < 4.78 is 2.44. The first-order valence-electron chi connectivity index (χ1n) is 7.98. The van der Waals surface area contributed by atoms with Crippen LogP contribution in [0.3, 0.4) is 0 Å². The fourth-order valence-corrected chi connectivity index (χ4v) is 3.13. The average molecular weight is 330 g/mol. The molecule has 0 amide bonds. The van der Waals surface area contributed by atoms with Gasteiger partial charge in [-0.15, -0.1) is 0 Å². The van der Waals surface area contributed by atoms with E-state index < -0.39 is 0 Å². The van der Waals surface area contributed by atoms with Crippen molar-refractivity contribution >= 4 is 18.0 Å². The van der Waals surface area contributed by atoms with Gasteiger partial charge in [-0.05, 0) is 31.1 Å². The molecule has 0 aliphatic carbocycles. The van der Waals surface area contributed by atoms with Crippen LogP contribution in [0.5, 0.6) is 0 Å². The van der Waals surface area contributed by atoms with E-state index in [4.69, 9.17) is 12.2 Å². The molecule has 23 heavy (non-hydrogen) atoms. The molecular formula is C17H22N4OS. The minimum Gasteiger partial charge on any atom is -0.358 e. The topological polar surface area (TPSA) is 53.1 Å². The number of H-pyrrole nitrogens is 1. The van der Waals surface area contributed by atoms with Crippen molar-refractivity contribution in [3.63, 3.8) is 0 Å². The highest BCUT2D eigenvalue weighted by molar-refractivity contribution is 7.71. The number of benzene rings is 1. The first-order chi connectivity index (χ1) is 11.1. The number of nitrogens with one attached hydrogen (secondary N) is 2. The lowest BCUT2D eigenvalue weighted by Gasteiger charge is -2.34. The van der Waals surface area contributed by atoms with Gasteiger partial charge in [-0.25, -0.2) is 0 Å². The van der Waals surface area contributed by atoms with E-state index in [-0.39, 0.29) is 5.56 Å². The molecule has 1 aromatic carbocycles. The largest absolute Gasteiger partial charge is 0.358 e. The Morgan fingerprint density at radius 3 is 2.74 bits per heavy atom. The van der Waals surface area contributed by atoms with Crippen molar-refractivity contribution in [3.8, 4) is 0 Å². The van der Waals surface area contributed by atoms with Crippen LogP contribution in [-0.2, 0) is 13.1 Å². The Balaban J connectivity index is 2.00. The summed E-state index contributed by atoms with van der Waals surface area (Å²) in [5.41, 5.74) is 1.83. The summed E-state index contributed by atoms with van der Waals surface area (Å²) in [5.74, 6) is 0.849. The van der Waals surface area contributed by atoms with Crippen LogP contribution in [-0.4, -0.2) is 27.2 Å². The summed E-state index contributed by atoms with van der Waals surface area (Å²) in [4.78, 5) is 17.4. The molecule has 2 heterocycles. The van der Waals surface area contributed by atoms with Gasteiger partial charge in [0, 0.05) is 12.6 Å². The minimum atomic E-state index is -0.0881. The summed E-state index contributed by atoms with van der Waals surface area (Å²) in [5, 5.41) is 3.40. The highest BCUT2D eigenvalue weighted by atomic mass is 32.1. The summed E-state index contributed by atoms with van der Waals surface area (Å²) in [6.45, 7) is 6.37. The average Bonchev–Trinajstić information content (AvgIpc) is 2.58. The number of aromatic amines is 1. The Labute approximate surface area is 141 Å². The summed E-state index contributed by atoms with van der Waals surface area (Å²) >= 11 is 5.38. The van der Waals surface area contributed by atoms with Gasteiger partial charge in [-0.2, -0.15) is 0 Å². The van der Waals surface area contributed by atoms with Crippen LogP contribution in [0, 0.1) is 4.77 Å². The van der Waals surface area contributed by atoms with Crippen LogP contribution in [0.1, 0.15) is 31.4 Å². The van der Waals surface area contributed by atoms with Gasteiger partial charge < -0.3 is 9.88 Å². The molecular weight excluding hydrogens is 308 g/mol. The lowest BCUT2D eigenvalue weighted by atomic mass is 10.1. The van der Waals surface area contributed by atoms with E-state index in [0.717, 1.165) is 30.0 Å². The Morgan fingerprint density at radius 2 is 2.04 bits per heavy atom. The predicted octanol–water partition coefficient (Wildman–Crippen LogP) is 2.94. The number of rotatable bonds is 4. The van der Waals surface area contributed by atoms with Gasteiger partial charge in [-0.3, -0.25) is 14.7 Å². The molecule has 1 atom stereocenters. The molecule has 3 rings (SSSR count). The maximum atomic E-state index is 12.3. The van der Waals surface area contributed by atoms with E-state index in [1.165, 1.54) is 0 Å². The van der Waals surface area contributed by atoms with Crippen molar-refractivity contribution in [2.45, 2.75) is 39.4 Å². The molecule has 0 bridgehead atoms. The van der Waals surface area contributed by atoms with Gasteiger partial charge >= 0.3 is 0 Å². The van der Waals surface area contributed by atoms with Crippen molar-refractivity contribution in [2.75, 3.05) is 12.0 Å².